The van der Waals surface area contributed by atoms with E-state index in [2.05, 4.69) is 5.32 Å². The van der Waals surface area contributed by atoms with E-state index in [1.54, 1.807) is 54.6 Å². The molecule has 0 aliphatic rings. The second-order valence-corrected chi connectivity index (χ2v) is 6.40. The highest BCUT2D eigenvalue weighted by atomic mass is 16.4. The van der Waals surface area contributed by atoms with Crippen molar-refractivity contribution in [3.8, 4) is 11.1 Å². The molecule has 1 amide bonds. The standard InChI is InChI=1S/C22H18N2O5/c1-12-17(24-20(25)14-5-3-2-4-6-14)11-16(21(26)27)19(18(12)22(28)29)13-7-9-15(23)10-8-13/h2-11H,23H2,1H3,(H,24,25)(H,26,27)(H,28,29). The van der Waals surface area contributed by atoms with Gasteiger partial charge in [-0.1, -0.05) is 30.3 Å². The Balaban J connectivity index is 2.20. The van der Waals surface area contributed by atoms with E-state index < -0.39 is 17.8 Å². The summed E-state index contributed by atoms with van der Waals surface area (Å²) in [5, 5.41) is 22.2. The van der Waals surface area contributed by atoms with Gasteiger partial charge >= 0.3 is 11.9 Å². The molecule has 0 radical (unpaired) electrons. The molecule has 3 aromatic rings. The zero-order valence-electron chi connectivity index (χ0n) is 15.5. The largest absolute Gasteiger partial charge is 0.478 e. The maximum absolute atomic E-state index is 12.5. The van der Waals surface area contributed by atoms with Gasteiger partial charge in [-0.2, -0.15) is 0 Å². The first-order valence-corrected chi connectivity index (χ1v) is 8.66. The second kappa shape index (κ2) is 7.85. The molecule has 0 atom stereocenters. The minimum Gasteiger partial charge on any atom is -0.478 e. The van der Waals surface area contributed by atoms with E-state index in [1.165, 1.54) is 13.0 Å². The average molecular weight is 390 g/mol. The van der Waals surface area contributed by atoms with Crippen LogP contribution >= 0.6 is 0 Å². The van der Waals surface area contributed by atoms with E-state index in [9.17, 15) is 24.6 Å². The summed E-state index contributed by atoms with van der Waals surface area (Å²) in [5.74, 6) is -3.08. The highest BCUT2D eigenvalue weighted by Crippen LogP contribution is 2.35. The first-order chi connectivity index (χ1) is 13.8. The van der Waals surface area contributed by atoms with E-state index in [0.29, 0.717) is 16.8 Å². The Morgan fingerprint density at radius 2 is 1.52 bits per heavy atom. The zero-order chi connectivity index (χ0) is 21.1. The molecule has 0 aliphatic carbocycles. The number of nitrogen functional groups attached to an aromatic ring is 1. The lowest BCUT2D eigenvalue weighted by Gasteiger charge is -2.18. The Morgan fingerprint density at radius 3 is 2.07 bits per heavy atom. The summed E-state index contributed by atoms with van der Waals surface area (Å²) in [4.78, 5) is 36.5. The van der Waals surface area contributed by atoms with Crippen LogP contribution in [0, 0.1) is 6.92 Å². The molecule has 146 valence electrons. The molecule has 0 saturated heterocycles. The first-order valence-electron chi connectivity index (χ1n) is 8.66. The highest BCUT2D eigenvalue weighted by Gasteiger charge is 2.25. The smallest absolute Gasteiger partial charge is 0.336 e. The quantitative estimate of drug-likeness (QED) is 0.489. The van der Waals surface area contributed by atoms with E-state index in [4.69, 9.17) is 5.73 Å². The number of anilines is 2. The number of nitrogens with two attached hydrogens (primary N) is 1. The van der Waals surface area contributed by atoms with Gasteiger partial charge in [0.2, 0.25) is 0 Å². The van der Waals surface area contributed by atoms with Gasteiger partial charge in [0.05, 0.1) is 11.1 Å². The van der Waals surface area contributed by atoms with Crippen molar-refractivity contribution in [2.75, 3.05) is 11.1 Å². The third kappa shape index (κ3) is 3.93. The van der Waals surface area contributed by atoms with Crippen molar-refractivity contribution in [1.82, 2.24) is 0 Å². The molecule has 7 heteroatoms. The summed E-state index contributed by atoms with van der Waals surface area (Å²) in [6.45, 7) is 1.52. The minimum atomic E-state index is -1.31. The Labute approximate surface area is 166 Å². The fraction of sp³-hybridized carbons (Fsp3) is 0.0455. The van der Waals surface area contributed by atoms with Crippen molar-refractivity contribution >= 4 is 29.2 Å². The van der Waals surface area contributed by atoms with E-state index >= 15 is 0 Å². The number of hydrogen-bond acceptors (Lipinski definition) is 4. The fourth-order valence-corrected chi connectivity index (χ4v) is 3.08. The predicted octanol–water partition coefficient (Wildman–Crippen LogP) is 3.89. The molecule has 0 aliphatic heterocycles. The molecule has 3 rings (SSSR count). The number of benzene rings is 3. The lowest BCUT2D eigenvalue weighted by atomic mass is 9.89. The number of aromatic carboxylic acids is 2. The lowest BCUT2D eigenvalue weighted by Crippen LogP contribution is -2.17. The van der Waals surface area contributed by atoms with Crippen molar-refractivity contribution in [3.63, 3.8) is 0 Å². The van der Waals surface area contributed by atoms with E-state index in [1.807, 2.05) is 0 Å². The van der Waals surface area contributed by atoms with Crippen LogP contribution in [0.15, 0.2) is 60.7 Å². The number of rotatable bonds is 5. The van der Waals surface area contributed by atoms with E-state index in [0.717, 1.165) is 0 Å². The Hall–Kier alpha value is -4.13. The molecule has 29 heavy (non-hydrogen) atoms. The van der Waals surface area contributed by atoms with Crippen molar-refractivity contribution in [2.45, 2.75) is 6.92 Å². The molecule has 0 saturated carbocycles. The van der Waals surface area contributed by atoms with Gasteiger partial charge in [-0.15, -0.1) is 0 Å². The summed E-state index contributed by atoms with van der Waals surface area (Å²) in [6.07, 6.45) is 0. The van der Waals surface area contributed by atoms with Gasteiger partial charge in [0.25, 0.3) is 5.91 Å². The maximum atomic E-state index is 12.5. The number of amides is 1. The molecule has 3 aromatic carbocycles. The van der Waals surface area contributed by atoms with Crippen LogP contribution in [-0.4, -0.2) is 28.1 Å². The Morgan fingerprint density at radius 1 is 0.897 bits per heavy atom. The summed E-state index contributed by atoms with van der Waals surface area (Å²) < 4.78 is 0. The predicted molar refractivity (Wildman–Crippen MR) is 109 cm³/mol. The summed E-state index contributed by atoms with van der Waals surface area (Å²) in [6, 6.07) is 15.9. The summed E-state index contributed by atoms with van der Waals surface area (Å²) in [7, 11) is 0. The molecule has 0 heterocycles. The van der Waals surface area contributed by atoms with Crippen molar-refractivity contribution in [3.05, 3.63) is 82.9 Å². The van der Waals surface area contributed by atoms with Gasteiger partial charge in [-0.05, 0) is 48.4 Å². The van der Waals surface area contributed by atoms with Gasteiger partial charge < -0.3 is 21.3 Å². The SMILES string of the molecule is Cc1c(NC(=O)c2ccccc2)cc(C(=O)O)c(-c2ccc(N)cc2)c1C(=O)O. The molecule has 0 fully saturated rings. The first kappa shape index (κ1) is 19.6. The van der Waals surface area contributed by atoms with Gasteiger partial charge in [-0.25, -0.2) is 9.59 Å². The molecule has 0 aromatic heterocycles. The van der Waals surface area contributed by atoms with Crippen LogP contribution < -0.4 is 11.1 Å². The van der Waals surface area contributed by atoms with Crippen LogP contribution in [0.2, 0.25) is 0 Å². The Bertz CT molecular complexity index is 1110. The van der Waals surface area contributed by atoms with Crippen molar-refractivity contribution < 1.29 is 24.6 Å². The minimum absolute atomic E-state index is 0.0558. The average Bonchev–Trinajstić information content (AvgIpc) is 2.69. The summed E-state index contributed by atoms with van der Waals surface area (Å²) in [5.41, 5.74) is 6.90. The van der Waals surface area contributed by atoms with Gasteiger partial charge in [-0.3, -0.25) is 4.79 Å². The normalized spacial score (nSPS) is 10.4. The number of carbonyl (C=O) groups excluding carboxylic acids is 1. The number of nitrogens with one attached hydrogen (secondary N) is 1. The van der Waals surface area contributed by atoms with E-state index in [-0.39, 0.29) is 27.9 Å². The third-order valence-electron chi connectivity index (χ3n) is 4.51. The van der Waals surface area contributed by atoms with Gasteiger partial charge in [0.15, 0.2) is 0 Å². The molecule has 7 nitrogen and oxygen atoms in total. The molecule has 0 spiro atoms. The van der Waals surface area contributed by atoms with Crippen LogP contribution in [0.5, 0.6) is 0 Å². The van der Waals surface area contributed by atoms with Crippen molar-refractivity contribution in [2.24, 2.45) is 0 Å². The topological polar surface area (TPSA) is 130 Å². The Kier molecular flexibility index (Phi) is 5.32. The van der Waals surface area contributed by atoms with Crippen LogP contribution in [0.1, 0.15) is 36.6 Å². The number of carboxylic acid groups (broad SMARTS) is 2. The van der Waals surface area contributed by atoms with Gasteiger partial charge in [0.1, 0.15) is 0 Å². The number of carbonyl (C=O) groups is 3. The van der Waals surface area contributed by atoms with Crippen molar-refractivity contribution in [1.29, 1.82) is 0 Å². The van der Waals surface area contributed by atoms with Crippen LogP contribution in [0.25, 0.3) is 11.1 Å². The van der Waals surface area contributed by atoms with Crippen LogP contribution in [0.4, 0.5) is 11.4 Å². The highest BCUT2D eigenvalue weighted by molar-refractivity contribution is 6.10. The van der Waals surface area contributed by atoms with Crippen LogP contribution in [0.3, 0.4) is 0 Å². The molecule has 0 unspecified atom stereocenters. The molecule has 0 bridgehead atoms. The number of carboxylic acids is 2. The van der Waals surface area contributed by atoms with Crippen LogP contribution in [-0.2, 0) is 0 Å². The van der Waals surface area contributed by atoms with Gasteiger partial charge in [0, 0.05) is 22.5 Å². The number of hydrogen-bond donors (Lipinski definition) is 4. The zero-order valence-corrected chi connectivity index (χ0v) is 15.5. The third-order valence-corrected chi connectivity index (χ3v) is 4.51. The molecule has 5 N–H and O–H groups in total. The molecular weight excluding hydrogens is 372 g/mol. The second-order valence-electron chi connectivity index (χ2n) is 6.40. The maximum Gasteiger partial charge on any atom is 0.336 e. The monoisotopic (exact) mass is 390 g/mol. The fourth-order valence-electron chi connectivity index (χ4n) is 3.08. The lowest BCUT2D eigenvalue weighted by molar-refractivity contribution is 0.0695. The summed E-state index contributed by atoms with van der Waals surface area (Å²) >= 11 is 0. The molecular formula is C22H18N2O5.